The summed E-state index contributed by atoms with van der Waals surface area (Å²) in [6.07, 6.45) is 3.19. The lowest BCUT2D eigenvalue weighted by Crippen LogP contribution is -2.41. The first-order valence-electron chi connectivity index (χ1n) is 6.77. The molecule has 4 heteroatoms. The van der Waals surface area contributed by atoms with Gasteiger partial charge in [-0.25, -0.2) is 0 Å². The van der Waals surface area contributed by atoms with E-state index in [0.717, 1.165) is 39.0 Å². The number of rotatable bonds is 11. The van der Waals surface area contributed by atoms with Gasteiger partial charge in [-0.05, 0) is 60.0 Å². The van der Waals surface area contributed by atoms with Crippen LogP contribution in [0.4, 0.5) is 0 Å². The molecule has 0 spiro atoms. The molecule has 1 atom stereocenters. The zero-order valence-corrected chi connectivity index (χ0v) is 12.1. The van der Waals surface area contributed by atoms with E-state index < -0.39 is 0 Å². The maximum atomic E-state index is 9.03. The van der Waals surface area contributed by atoms with Gasteiger partial charge in [-0.2, -0.15) is 0 Å². The third-order valence-electron chi connectivity index (χ3n) is 2.84. The van der Waals surface area contributed by atoms with Crippen LogP contribution in [0.25, 0.3) is 0 Å². The topological polar surface area (TPSA) is 38.7 Å². The zero-order valence-electron chi connectivity index (χ0n) is 12.1. The second-order valence-corrected chi connectivity index (χ2v) is 5.08. The molecule has 104 valence electrons. The normalized spacial score (nSPS) is 13.6. The van der Waals surface area contributed by atoms with E-state index in [1.165, 1.54) is 6.42 Å². The predicted octanol–water partition coefficient (Wildman–Crippen LogP) is 0.621. The van der Waals surface area contributed by atoms with Crippen molar-refractivity contribution in [3.05, 3.63) is 0 Å². The molecule has 4 nitrogen and oxygen atoms in total. The van der Waals surface area contributed by atoms with Gasteiger partial charge in [0.05, 0.1) is 0 Å². The molecule has 0 saturated heterocycles. The van der Waals surface area contributed by atoms with Gasteiger partial charge in [-0.1, -0.05) is 6.92 Å². The predicted molar refractivity (Wildman–Crippen MR) is 74.5 cm³/mol. The number of nitrogens with zero attached hydrogens (tertiary/aromatic N) is 2. The summed E-state index contributed by atoms with van der Waals surface area (Å²) in [4.78, 5) is 4.57. The summed E-state index contributed by atoms with van der Waals surface area (Å²) in [5.74, 6) is 0. The summed E-state index contributed by atoms with van der Waals surface area (Å²) in [7, 11) is 6.38. The molecule has 0 fully saturated rings. The summed E-state index contributed by atoms with van der Waals surface area (Å²) in [5, 5.41) is 12.5. The van der Waals surface area contributed by atoms with Gasteiger partial charge in [-0.3, -0.25) is 0 Å². The molecule has 17 heavy (non-hydrogen) atoms. The Labute approximate surface area is 107 Å². The molecule has 0 aliphatic carbocycles. The zero-order chi connectivity index (χ0) is 13.1. The van der Waals surface area contributed by atoms with Crippen molar-refractivity contribution in [3.8, 4) is 0 Å². The Balaban J connectivity index is 3.73. The lowest BCUT2D eigenvalue weighted by Gasteiger charge is -2.25. The highest BCUT2D eigenvalue weighted by molar-refractivity contribution is 4.70. The molecule has 2 N–H and O–H groups in total. The molecule has 0 saturated carbocycles. The second-order valence-electron chi connectivity index (χ2n) is 5.08. The molecular weight excluding hydrogens is 214 g/mol. The number of nitrogens with one attached hydrogen (secondary N) is 1. The van der Waals surface area contributed by atoms with Gasteiger partial charge in [0.15, 0.2) is 0 Å². The lowest BCUT2D eigenvalue weighted by atomic mass is 10.2. The summed E-state index contributed by atoms with van der Waals surface area (Å²) in [6, 6.07) is 0.421. The van der Waals surface area contributed by atoms with E-state index in [4.69, 9.17) is 5.11 Å². The van der Waals surface area contributed by atoms with Crippen LogP contribution in [0.15, 0.2) is 0 Å². The SMILES string of the molecule is CCCNC(CCO)CN(C)CCCN(C)C. The van der Waals surface area contributed by atoms with Crippen molar-refractivity contribution in [2.45, 2.75) is 32.2 Å². The maximum Gasteiger partial charge on any atom is 0.0446 e. The Morgan fingerprint density at radius 3 is 2.41 bits per heavy atom. The highest BCUT2D eigenvalue weighted by atomic mass is 16.3. The molecule has 0 rings (SSSR count). The van der Waals surface area contributed by atoms with Gasteiger partial charge in [0.1, 0.15) is 0 Å². The van der Waals surface area contributed by atoms with Gasteiger partial charge >= 0.3 is 0 Å². The molecule has 0 heterocycles. The fourth-order valence-corrected chi connectivity index (χ4v) is 1.89. The van der Waals surface area contributed by atoms with Gasteiger partial charge < -0.3 is 20.2 Å². The summed E-state index contributed by atoms with van der Waals surface area (Å²) in [5.41, 5.74) is 0. The molecule has 0 aromatic rings. The summed E-state index contributed by atoms with van der Waals surface area (Å²) < 4.78 is 0. The van der Waals surface area contributed by atoms with Crippen LogP contribution in [0.3, 0.4) is 0 Å². The van der Waals surface area contributed by atoms with Crippen LogP contribution in [-0.2, 0) is 0 Å². The molecule has 0 aliphatic rings. The van der Waals surface area contributed by atoms with Crippen molar-refractivity contribution < 1.29 is 5.11 Å². The van der Waals surface area contributed by atoms with Gasteiger partial charge in [0.2, 0.25) is 0 Å². The third-order valence-corrected chi connectivity index (χ3v) is 2.84. The van der Waals surface area contributed by atoms with Crippen LogP contribution in [0.1, 0.15) is 26.2 Å². The van der Waals surface area contributed by atoms with E-state index in [2.05, 4.69) is 43.2 Å². The summed E-state index contributed by atoms with van der Waals surface area (Å²) >= 11 is 0. The maximum absolute atomic E-state index is 9.03. The second kappa shape index (κ2) is 11.0. The number of hydrogen-bond acceptors (Lipinski definition) is 4. The average molecular weight is 245 g/mol. The molecule has 1 unspecified atom stereocenters. The first kappa shape index (κ1) is 16.8. The fraction of sp³-hybridized carbons (Fsp3) is 1.00. The van der Waals surface area contributed by atoms with Crippen LogP contribution in [0, 0.1) is 0 Å². The first-order chi connectivity index (χ1) is 8.10. The molecule has 0 radical (unpaired) electrons. The lowest BCUT2D eigenvalue weighted by molar-refractivity contribution is 0.224. The first-order valence-corrected chi connectivity index (χ1v) is 6.77. The van der Waals surface area contributed by atoms with Crippen molar-refractivity contribution in [2.24, 2.45) is 0 Å². The number of aliphatic hydroxyl groups is 1. The van der Waals surface area contributed by atoms with Crippen molar-refractivity contribution in [2.75, 3.05) is 53.9 Å². The average Bonchev–Trinajstić information content (AvgIpc) is 2.25. The highest BCUT2D eigenvalue weighted by Crippen LogP contribution is 1.97. The minimum atomic E-state index is 0.271. The number of hydrogen-bond donors (Lipinski definition) is 2. The van der Waals surface area contributed by atoms with E-state index in [1.807, 2.05) is 0 Å². The molecule has 0 bridgehead atoms. The molecule has 0 aromatic heterocycles. The molecule has 0 amide bonds. The largest absolute Gasteiger partial charge is 0.396 e. The van der Waals surface area contributed by atoms with Crippen LogP contribution in [-0.4, -0.2) is 74.9 Å². The standard InChI is InChI=1S/C13H31N3O/c1-5-8-14-13(7-11-17)12-16(4)10-6-9-15(2)3/h13-14,17H,5-12H2,1-4H3. The Hall–Kier alpha value is -0.160. The highest BCUT2D eigenvalue weighted by Gasteiger charge is 2.09. The Bertz CT molecular complexity index is 165. The monoisotopic (exact) mass is 245 g/mol. The van der Waals surface area contributed by atoms with Crippen LogP contribution in [0.5, 0.6) is 0 Å². The van der Waals surface area contributed by atoms with Gasteiger partial charge in [0, 0.05) is 19.2 Å². The van der Waals surface area contributed by atoms with E-state index >= 15 is 0 Å². The van der Waals surface area contributed by atoms with Crippen molar-refractivity contribution >= 4 is 0 Å². The minimum Gasteiger partial charge on any atom is -0.396 e. The fourth-order valence-electron chi connectivity index (χ4n) is 1.89. The Morgan fingerprint density at radius 1 is 1.18 bits per heavy atom. The van der Waals surface area contributed by atoms with Crippen LogP contribution in [0.2, 0.25) is 0 Å². The van der Waals surface area contributed by atoms with E-state index in [0.29, 0.717) is 6.04 Å². The van der Waals surface area contributed by atoms with E-state index in [9.17, 15) is 0 Å². The molecule has 0 aromatic carbocycles. The van der Waals surface area contributed by atoms with Crippen LogP contribution < -0.4 is 5.32 Å². The smallest absolute Gasteiger partial charge is 0.0446 e. The Kier molecular flexibility index (Phi) is 10.9. The van der Waals surface area contributed by atoms with E-state index in [-0.39, 0.29) is 6.61 Å². The van der Waals surface area contributed by atoms with Gasteiger partial charge in [-0.15, -0.1) is 0 Å². The van der Waals surface area contributed by atoms with Crippen molar-refractivity contribution in [1.29, 1.82) is 0 Å². The van der Waals surface area contributed by atoms with E-state index in [1.54, 1.807) is 0 Å². The minimum absolute atomic E-state index is 0.271. The Morgan fingerprint density at radius 2 is 1.88 bits per heavy atom. The quantitative estimate of drug-likeness (QED) is 0.560. The summed E-state index contributed by atoms with van der Waals surface area (Å²) in [6.45, 7) is 6.76. The molecule has 0 aliphatic heterocycles. The van der Waals surface area contributed by atoms with Crippen molar-refractivity contribution in [1.82, 2.24) is 15.1 Å². The van der Waals surface area contributed by atoms with Crippen LogP contribution >= 0.6 is 0 Å². The number of aliphatic hydroxyl groups excluding tert-OH is 1. The molecular formula is C13H31N3O. The van der Waals surface area contributed by atoms with Crippen molar-refractivity contribution in [3.63, 3.8) is 0 Å². The number of likely N-dealkylation sites (N-methyl/N-ethyl adjacent to an activating group) is 1. The third kappa shape index (κ3) is 10.7. The van der Waals surface area contributed by atoms with Gasteiger partial charge in [0.25, 0.3) is 0 Å².